The fourth-order valence-electron chi connectivity index (χ4n) is 4.03. The minimum atomic E-state index is -5.20. The summed E-state index contributed by atoms with van der Waals surface area (Å²) in [6.45, 7) is 7.78. The van der Waals surface area contributed by atoms with Gasteiger partial charge >= 0.3 is 12.4 Å². The summed E-state index contributed by atoms with van der Waals surface area (Å²) in [4.78, 5) is 11.6. The average molecular weight is 596 g/mol. The lowest BCUT2D eigenvalue weighted by molar-refractivity contribution is -0.158. The van der Waals surface area contributed by atoms with Gasteiger partial charge in [-0.2, -0.15) is 31.1 Å². The molecule has 3 N–H and O–H groups in total. The summed E-state index contributed by atoms with van der Waals surface area (Å²) < 4.78 is 112. The number of carbonyl (C=O) groups is 1. The summed E-state index contributed by atoms with van der Waals surface area (Å²) >= 11 is 0. The van der Waals surface area contributed by atoms with E-state index in [1.165, 1.54) is 4.72 Å². The molecule has 2 aromatic rings. The van der Waals surface area contributed by atoms with Crippen molar-refractivity contribution in [1.29, 1.82) is 0 Å². The molecule has 1 aliphatic heterocycles. The molecule has 3 rings (SSSR count). The van der Waals surface area contributed by atoms with E-state index in [1.807, 2.05) is 6.07 Å². The molecule has 0 spiro atoms. The van der Waals surface area contributed by atoms with Crippen molar-refractivity contribution in [2.24, 2.45) is 5.41 Å². The van der Waals surface area contributed by atoms with Crippen LogP contribution in [0, 0.1) is 5.41 Å². The normalized spacial score (nSPS) is 17.1. The predicted molar refractivity (Wildman–Crippen MR) is 135 cm³/mol. The number of halogens is 6. The van der Waals surface area contributed by atoms with Crippen molar-refractivity contribution >= 4 is 15.9 Å². The average Bonchev–Trinajstić information content (AvgIpc) is 2.82. The van der Waals surface area contributed by atoms with Gasteiger partial charge in [-0.25, -0.2) is 8.42 Å². The highest BCUT2D eigenvalue weighted by Crippen LogP contribution is 2.34. The molecule has 40 heavy (non-hydrogen) atoms. The van der Waals surface area contributed by atoms with Gasteiger partial charge in [0.15, 0.2) is 0 Å². The largest absolute Gasteiger partial charge is 0.493 e. The summed E-state index contributed by atoms with van der Waals surface area (Å²) in [5, 5.41) is 5.82. The van der Waals surface area contributed by atoms with Crippen LogP contribution in [0.3, 0.4) is 0 Å². The summed E-state index contributed by atoms with van der Waals surface area (Å²) in [5.41, 5.74) is 0.210. The van der Waals surface area contributed by atoms with Crippen LogP contribution in [0.1, 0.15) is 56.3 Å². The van der Waals surface area contributed by atoms with Crippen molar-refractivity contribution in [3.05, 3.63) is 59.2 Å². The molecule has 7 nitrogen and oxygen atoms in total. The molecule has 1 aliphatic rings. The minimum absolute atomic E-state index is 0.0790. The highest BCUT2D eigenvalue weighted by molar-refractivity contribution is 7.89. The van der Waals surface area contributed by atoms with Crippen LogP contribution < -0.4 is 20.1 Å². The van der Waals surface area contributed by atoms with Gasteiger partial charge in [0.25, 0.3) is 0 Å². The van der Waals surface area contributed by atoms with Crippen molar-refractivity contribution in [2.45, 2.75) is 69.5 Å². The summed E-state index contributed by atoms with van der Waals surface area (Å²) in [5.74, 6) is -0.618. The third-order valence-corrected chi connectivity index (χ3v) is 7.46. The van der Waals surface area contributed by atoms with Crippen LogP contribution in [0.4, 0.5) is 26.3 Å². The van der Waals surface area contributed by atoms with Crippen LogP contribution in [0.2, 0.25) is 0 Å². The van der Waals surface area contributed by atoms with Crippen LogP contribution in [0.5, 0.6) is 5.75 Å². The number of alkyl halides is 6. The first-order valence-corrected chi connectivity index (χ1v) is 13.9. The Morgan fingerprint density at radius 1 is 1.05 bits per heavy atom. The Kier molecular flexibility index (Phi) is 9.47. The molecule has 0 radical (unpaired) electrons. The molecule has 222 valence electrons. The molecule has 0 bridgehead atoms. The number of sulfonamides is 1. The van der Waals surface area contributed by atoms with E-state index in [2.05, 4.69) is 31.4 Å². The molecular weight excluding hydrogens is 564 g/mol. The number of benzene rings is 2. The number of amides is 1. The molecule has 1 amide bonds. The monoisotopic (exact) mass is 595 g/mol. The number of carbonyl (C=O) groups excluding carboxylic acids is 1. The van der Waals surface area contributed by atoms with Crippen molar-refractivity contribution in [1.82, 2.24) is 15.4 Å². The van der Waals surface area contributed by atoms with E-state index in [9.17, 15) is 39.6 Å². The van der Waals surface area contributed by atoms with Crippen LogP contribution in [-0.2, 0) is 27.5 Å². The Morgan fingerprint density at radius 3 is 2.38 bits per heavy atom. The summed E-state index contributed by atoms with van der Waals surface area (Å²) in [6.07, 6.45) is -11.1. The highest BCUT2D eigenvalue weighted by atomic mass is 32.2. The van der Waals surface area contributed by atoms with Gasteiger partial charge in [0.1, 0.15) is 11.8 Å². The predicted octanol–water partition coefficient (Wildman–Crippen LogP) is 5.08. The lowest BCUT2D eigenvalue weighted by Crippen LogP contribution is -2.48. The van der Waals surface area contributed by atoms with Crippen molar-refractivity contribution in [2.75, 3.05) is 13.2 Å². The SMILES string of the molecule is CC(C)(C)CNCc1ccc2c(c1)OCC[C@H]2NC(=O)C[C@H](NS(=O)(=O)c1cccc(C(F)(F)F)c1)C(F)(F)F. The molecule has 2 aromatic carbocycles. The molecule has 0 aromatic heterocycles. The Labute approximate surface area is 228 Å². The fraction of sp³-hybridized carbons (Fsp3) is 0.500. The standard InChI is InChI=1S/C26H31F6N3O4S/c1-24(2,3)15-33-14-16-7-8-19-20(9-10-39-21(19)11-16)34-23(36)13-22(26(30,31)32)35-40(37,38)18-6-4-5-17(12-18)25(27,28)29/h4-8,11-12,20,22,33,35H,9-10,13-15H2,1-3H3,(H,34,36)/t20-,22+/m1/s1. The number of hydrogen-bond acceptors (Lipinski definition) is 5. The molecule has 14 heteroatoms. The number of fused-ring (bicyclic) bond motifs is 1. The lowest BCUT2D eigenvalue weighted by atomic mass is 9.96. The van der Waals surface area contributed by atoms with Crippen LogP contribution in [-0.4, -0.2) is 39.7 Å². The van der Waals surface area contributed by atoms with Gasteiger partial charge in [0.2, 0.25) is 15.9 Å². The number of hydrogen-bond donors (Lipinski definition) is 3. The zero-order valence-electron chi connectivity index (χ0n) is 22.0. The van der Waals surface area contributed by atoms with E-state index in [4.69, 9.17) is 4.74 Å². The van der Waals surface area contributed by atoms with Gasteiger partial charge in [-0.05, 0) is 35.2 Å². The van der Waals surface area contributed by atoms with Crippen molar-refractivity contribution in [3.8, 4) is 5.75 Å². The molecule has 0 aliphatic carbocycles. The number of rotatable bonds is 9. The zero-order valence-corrected chi connectivity index (χ0v) is 22.9. The first-order chi connectivity index (χ1) is 18.3. The third-order valence-electron chi connectivity index (χ3n) is 5.99. The number of ether oxygens (including phenoxy) is 1. The van der Waals surface area contributed by atoms with E-state index in [0.717, 1.165) is 24.2 Å². The molecular formula is C26H31F6N3O4S. The molecule has 2 atom stereocenters. The Morgan fingerprint density at radius 2 is 1.75 bits per heavy atom. The van der Waals surface area contributed by atoms with Gasteiger partial charge in [-0.1, -0.05) is 39.0 Å². The first-order valence-electron chi connectivity index (χ1n) is 12.4. The van der Waals surface area contributed by atoms with Gasteiger partial charge in [-0.3, -0.25) is 4.79 Å². The first kappa shape index (κ1) is 31.7. The van der Waals surface area contributed by atoms with E-state index >= 15 is 0 Å². The fourth-order valence-corrected chi connectivity index (χ4v) is 5.30. The highest BCUT2D eigenvalue weighted by Gasteiger charge is 2.44. The van der Waals surface area contributed by atoms with E-state index in [0.29, 0.717) is 23.9 Å². The number of nitrogens with one attached hydrogen (secondary N) is 3. The quantitative estimate of drug-likeness (QED) is 0.352. The third kappa shape index (κ3) is 8.83. The topological polar surface area (TPSA) is 96.5 Å². The second kappa shape index (κ2) is 12.0. The summed E-state index contributed by atoms with van der Waals surface area (Å²) in [6, 6.07) is 4.06. The summed E-state index contributed by atoms with van der Waals surface area (Å²) in [7, 11) is -5.05. The van der Waals surface area contributed by atoms with E-state index in [-0.39, 0.29) is 24.5 Å². The van der Waals surface area contributed by atoms with Crippen molar-refractivity contribution < 1.29 is 44.3 Å². The lowest BCUT2D eigenvalue weighted by Gasteiger charge is -2.28. The zero-order chi connectivity index (χ0) is 29.9. The smallest absolute Gasteiger partial charge is 0.416 e. The Balaban J connectivity index is 1.71. The van der Waals surface area contributed by atoms with Crippen LogP contribution >= 0.6 is 0 Å². The van der Waals surface area contributed by atoms with Crippen LogP contribution in [0.25, 0.3) is 0 Å². The van der Waals surface area contributed by atoms with E-state index < -0.39 is 57.2 Å². The van der Waals surface area contributed by atoms with Gasteiger partial charge in [-0.15, -0.1) is 0 Å². The maximum atomic E-state index is 13.7. The molecule has 0 saturated carbocycles. The second-order valence-electron chi connectivity index (χ2n) is 10.7. The Hall–Kier alpha value is -2.84. The van der Waals surface area contributed by atoms with Gasteiger partial charge in [0.05, 0.1) is 29.5 Å². The molecule has 0 saturated heterocycles. The molecule has 0 unspecified atom stereocenters. The van der Waals surface area contributed by atoms with Gasteiger partial charge < -0.3 is 15.4 Å². The minimum Gasteiger partial charge on any atom is -0.493 e. The maximum absolute atomic E-state index is 13.7. The molecule has 0 fully saturated rings. The van der Waals surface area contributed by atoms with E-state index in [1.54, 1.807) is 12.1 Å². The molecule has 1 heterocycles. The second-order valence-corrected chi connectivity index (χ2v) is 12.5. The van der Waals surface area contributed by atoms with Gasteiger partial charge in [0, 0.05) is 25.1 Å². The van der Waals surface area contributed by atoms with Crippen molar-refractivity contribution in [3.63, 3.8) is 0 Å². The Bertz CT molecular complexity index is 1310. The maximum Gasteiger partial charge on any atom is 0.416 e. The van der Waals surface area contributed by atoms with Crippen LogP contribution in [0.15, 0.2) is 47.4 Å².